The number of ether oxygens (including phenoxy) is 15. The van der Waals surface area contributed by atoms with Gasteiger partial charge >= 0.3 is 66.0 Å². The van der Waals surface area contributed by atoms with Crippen LogP contribution >= 0.6 is 23.5 Å². The summed E-state index contributed by atoms with van der Waals surface area (Å²) in [7, 11) is -8.38. The predicted octanol–water partition coefficient (Wildman–Crippen LogP) is 3.30. The highest BCUT2D eigenvalue weighted by Crippen LogP contribution is 2.62. The van der Waals surface area contributed by atoms with Crippen LogP contribution in [0.3, 0.4) is 0 Å². The van der Waals surface area contributed by atoms with Gasteiger partial charge in [0, 0.05) is 72.0 Å². The number of allylic oxidation sites excluding steroid dienone is 5. The van der Waals surface area contributed by atoms with Gasteiger partial charge in [-0.1, -0.05) is 68.1 Å². The third-order valence-electron chi connectivity index (χ3n) is 18.2. The van der Waals surface area contributed by atoms with E-state index in [4.69, 9.17) is 121 Å². The van der Waals surface area contributed by atoms with E-state index in [-0.39, 0.29) is 103 Å². The smallest absolute Gasteiger partial charge is 0.461 e. The second-order valence-corrected chi connectivity index (χ2v) is 32.4. The van der Waals surface area contributed by atoms with Crippen LogP contribution in [-0.4, -0.2) is 282 Å². The van der Waals surface area contributed by atoms with E-state index >= 15 is 0 Å². The molecule has 0 saturated carbocycles. The van der Waals surface area contributed by atoms with Gasteiger partial charge in [0.25, 0.3) is 16.7 Å². The monoisotopic (exact) mass is 1940 g/mol. The Kier molecular flexibility index (Phi) is 48.0. The van der Waals surface area contributed by atoms with Crippen LogP contribution in [0.2, 0.25) is 0 Å². The summed E-state index contributed by atoms with van der Waals surface area (Å²) in [5.41, 5.74) is -1.98. The van der Waals surface area contributed by atoms with Crippen molar-refractivity contribution in [1.29, 1.82) is 0 Å². The molecule has 0 amide bonds. The normalized spacial score (nSPS) is 22.3. The number of H-pyrrole nitrogens is 3. The first kappa shape index (κ1) is 110. The molecule has 5 aliphatic rings. The van der Waals surface area contributed by atoms with Crippen LogP contribution in [-0.2, 0) is 154 Å². The molecule has 3 aromatic heterocycles. The number of carbonyl (C=O) groups excluding carboxylic acids is 6. The number of methoxy groups -OCH3 is 3. The van der Waals surface area contributed by atoms with Gasteiger partial charge in [-0.15, -0.1) is 0 Å². The molecule has 51 heteroatoms. The number of aromatic nitrogens is 6. The van der Waals surface area contributed by atoms with Crippen LogP contribution < -0.4 is 42.8 Å². The number of nitrogens with one attached hydrogen (secondary N) is 3. The van der Waals surface area contributed by atoms with Gasteiger partial charge in [0.1, 0.15) is 67.4 Å². The maximum atomic E-state index is 14.4. The Hall–Kier alpha value is -10.2. The SMILES string of the molecule is C=C1C=CC(=O)C=C1.CC[C@H]1O[C@@H](n2ccc(=O)[nH]c2=O)C(OC(=O)c2ccccc2)C1OP(=O)(OCCOCCOCCOC)Oc1ccc(COC(C)=O)cc1.COCCOCCOCCOP(=O)(Oc1ccc(COC(C)=O)cc1)OC1C(O)[C@H](n2ccc(=O)[nH]c2=O)O[C@@H]1CO.COCCOCCOCCOP1(=O)OC2C(O1)[C@@H](CO)O[C@H]2n1ccc(=O)[nH]c1=O.O=C=O.[H+]. The third-order valence-corrected chi connectivity index (χ3v) is 22.6. The largest absolute Gasteiger partial charge is 1.00 e. The number of hydrogen-bond acceptors (Lipinski definition) is 42. The molecular formula is C82H108N6O42P3+. The van der Waals surface area contributed by atoms with E-state index < -0.39 is 162 Å². The molecule has 4 aliphatic heterocycles. The van der Waals surface area contributed by atoms with Crippen molar-refractivity contribution in [3.8, 4) is 11.5 Å². The Morgan fingerprint density at radius 1 is 0.489 bits per heavy atom. The number of hydrogen-bond donors (Lipinski definition) is 6. The van der Waals surface area contributed by atoms with Crippen molar-refractivity contribution in [2.45, 2.75) is 114 Å². The Balaban J connectivity index is 0.000000297. The average molecular weight is 1940 g/mol. The molecule has 6 aromatic rings. The van der Waals surface area contributed by atoms with Crippen LogP contribution in [0, 0.1) is 0 Å². The summed E-state index contributed by atoms with van der Waals surface area (Å²) in [4.78, 5) is 140. The van der Waals surface area contributed by atoms with Crippen molar-refractivity contribution in [1.82, 2.24) is 28.7 Å². The van der Waals surface area contributed by atoms with Gasteiger partial charge in [-0.05, 0) is 71.7 Å². The van der Waals surface area contributed by atoms with Crippen molar-refractivity contribution < 1.29 is 171 Å². The van der Waals surface area contributed by atoms with Crippen molar-refractivity contribution in [3.63, 3.8) is 0 Å². The van der Waals surface area contributed by atoms with E-state index in [0.29, 0.717) is 77.2 Å². The summed E-state index contributed by atoms with van der Waals surface area (Å²) in [6.45, 7) is 10.8. The maximum absolute atomic E-state index is 14.4. The zero-order valence-electron chi connectivity index (χ0n) is 74.1. The molecule has 6 N–H and O–H groups in total. The average Bonchev–Trinajstić information content (AvgIpc) is 1.60. The lowest BCUT2D eigenvalue weighted by Gasteiger charge is -2.28. The molecule has 0 spiro atoms. The standard InChI is InChI=1S/C33H41N2O14P.C25H35N2O14P.C16H25N2O11P.C7H6O.CO2/c1-4-27-29(30(47-32(38)25-8-6-5-7-9-25)31(46-27)35-15-14-28(37)34-33(35)39)49-50(40,45-21-20-43-19-18-42-17-16-41-3)48-26-12-10-24(11-13-26)22-44-23(2)36;1-17(29)37-16-18-3-5-19(6-4-18)40-42(33,38-14-13-36-12-11-35-10-9-34-2)41-23-20(15-28)39-24(22(23)31)27-8-7-21(30)26-25(27)32;1-23-4-5-24-6-7-25-8-9-26-30(22)28-13-11(10-19)27-15(14(13)29-30)18-3-2-12(20)17-16(18)21;1-6-2-4-7(8)5-3-6;2-1-3/h5-15,27,29-31H,4,16-22H2,1-3H3,(H,34,37,39);3-8,20,22-24,28,31H,9-16H2,1-2H3,(H,26,30,32);2-3,11,13-15,19H,4-10H2,1H3,(H,17,20,21);2-5H,1H2;/p+1/t27-,29?,30?,31-,50?;20-,22?,23?,24-,42?;11-,13?,14?,15-,30?;;/m111../s1. The lowest BCUT2D eigenvalue weighted by molar-refractivity contribution is -0.191. The van der Waals surface area contributed by atoms with Crippen molar-refractivity contribution >= 4 is 53.3 Å². The van der Waals surface area contributed by atoms with Crippen LogP contribution in [0.15, 0.2) is 181 Å². The van der Waals surface area contributed by atoms with E-state index in [1.807, 2.05) is 4.98 Å². The predicted molar refractivity (Wildman–Crippen MR) is 456 cm³/mol. The summed E-state index contributed by atoms with van der Waals surface area (Å²) in [6.07, 6.45) is -4.04. The zero-order chi connectivity index (χ0) is 96.7. The van der Waals surface area contributed by atoms with Gasteiger partial charge in [-0.3, -0.25) is 89.1 Å². The summed E-state index contributed by atoms with van der Waals surface area (Å²) >= 11 is 0. The number of aliphatic hydroxyl groups excluding tert-OH is 3. The highest BCUT2D eigenvalue weighted by molar-refractivity contribution is 7.49. The molecule has 732 valence electrons. The minimum atomic E-state index is -4.58. The number of benzene rings is 3. The summed E-state index contributed by atoms with van der Waals surface area (Å²) < 4.78 is 174. The molecule has 4 saturated heterocycles. The summed E-state index contributed by atoms with van der Waals surface area (Å²) in [5.74, 6) is -1.49. The lowest BCUT2D eigenvalue weighted by Crippen LogP contribution is -2.41. The van der Waals surface area contributed by atoms with Gasteiger partial charge in [-0.25, -0.2) is 32.9 Å². The third kappa shape index (κ3) is 37.2. The highest BCUT2D eigenvalue weighted by atomic mass is 31.2. The number of phosphoric ester groups is 3. The van der Waals surface area contributed by atoms with E-state index in [1.54, 1.807) is 82.9 Å². The van der Waals surface area contributed by atoms with Gasteiger partial charge in [0.2, 0.25) is 0 Å². The minimum Gasteiger partial charge on any atom is -0.461 e. The second-order valence-electron chi connectivity index (χ2n) is 27.8. The molecule has 1 aliphatic carbocycles. The molecular weight excluding hydrogens is 1830 g/mol. The number of rotatable bonds is 50. The molecule has 15 atom stereocenters. The molecule has 48 nitrogen and oxygen atoms in total. The Morgan fingerprint density at radius 2 is 0.872 bits per heavy atom. The van der Waals surface area contributed by atoms with E-state index in [2.05, 4.69) is 16.5 Å². The lowest BCUT2D eigenvalue weighted by atomic mass is 10.1. The number of aliphatic hydroxyl groups is 3. The first-order chi connectivity index (χ1) is 63.9. The van der Waals surface area contributed by atoms with Crippen LogP contribution in [0.1, 0.15) is 68.8 Å². The highest BCUT2D eigenvalue weighted by Gasteiger charge is 2.59. The van der Waals surface area contributed by atoms with Crippen LogP contribution in [0.4, 0.5) is 0 Å². The fraction of sp³-hybridized carbons (Fsp3) is 0.500. The van der Waals surface area contributed by atoms with Gasteiger partial charge in [0.15, 0.2) is 30.6 Å². The van der Waals surface area contributed by atoms with Crippen molar-refractivity contribution in [3.05, 3.63) is 231 Å². The number of nitrogens with zero attached hydrogens (tertiary/aromatic N) is 3. The van der Waals surface area contributed by atoms with E-state index in [1.165, 1.54) is 74.8 Å². The van der Waals surface area contributed by atoms with E-state index in [9.17, 15) is 77.0 Å². The Bertz CT molecular complexity index is 5210. The molecule has 3 aromatic carbocycles. The molecule has 133 heavy (non-hydrogen) atoms. The fourth-order valence-corrected chi connectivity index (χ4v) is 16.3. The molecule has 0 radical (unpaired) electrons. The summed E-state index contributed by atoms with van der Waals surface area (Å²) in [5, 5.41) is 30.4. The van der Waals surface area contributed by atoms with Crippen LogP contribution in [0.5, 0.6) is 11.5 Å². The second kappa shape index (κ2) is 58.2. The van der Waals surface area contributed by atoms with Crippen molar-refractivity contribution in [2.24, 2.45) is 0 Å². The van der Waals surface area contributed by atoms with Crippen molar-refractivity contribution in [2.75, 3.05) is 153 Å². The molecule has 7 heterocycles. The summed E-state index contributed by atoms with van der Waals surface area (Å²) in [6, 6.07) is 23.6. The van der Waals surface area contributed by atoms with Gasteiger partial charge in [0.05, 0.1) is 144 Å². The van der Waals surface area contributed by atoms with Gasteiger partial charge < -0.3 is 95.4 Å². The number of aromatic amines is 3. The number of fused-ring (bicyclic) bond motifs is 1. The number of esters is 3. The van der Waals surface area contributed by atoms with Crippen LogP contribution in [0.25, 0.3) is 0 Å². The Morgan fingerprint density at radius 3 is 1.28 bits per heavy atom. The number of phosphoric acid groups is 3. The molecule has 4 fully saturated rings. The first-order valence-corrected chi connectivity index (χ1v) is 45.2. The minimum absolute atomic E-state index is 0. The van der Waals surface area contributed by atoms with Gasteiger partial charge in [-0.2, -0.15) is 9.59 Å². The first-order valence-electron chi connectivity index (χ1n) is 40.8. The van der Waals surface area contributed by atoms with E-state index in [0.717, 1.165) is 43.7 Å². The molecule has 0 bridgehead atoms. The zero-order valence-corrected chi connectivity index (χ0v) is 75.8. The quantitative estimate of drug-likeness (QED) is 0.0138. The molecule has 11 rings (SSSR count). The maximum Gasteiger partial charge on any atom is 1.00 e. The Labute approximate surface area is 760 Å². The molecule has 9 unspecified atom stereocenters. The number of ketones is 1. The fourth-order valence-electron chi connectivity index (χ4n) is 12.0. The topological polar surface area (TPSA) is 600 Å². The number of carbonyl (C=O) groups is 4.